The third-order valence-corrected chi connectivity index (χ3v) is 6.65. The minimum Gasteiger partial charge on any atom is -0.407 e. The Morgan fingerprint density at radius 3 is 2.58 bits per heavy atom. The summed E-state index contributed by atoms with van der Waals surface area (Å²) in [6.45, 7) is 6.63. The van der Waals surface area contributed by atoms with Gasteiger partial charge in [0.15, 0.2) is 8.32 Å². The molecule has 1 aromatic carbocycles. The van der Waals surface area contributed by atoms with Crippen molar-refractivity contribution in [2.24, 2.45) is 5.92 Å². The van der Waals surface area contributed by atoms with Gasteiger partial charge in [-0.05, 0) is 37.5 Å². The van der Waals surface area contributed by atoms with E-state index < -0.39 is 8.32 Å². The maximum atomic E-state index is 9.56. The van der Waals surface area contributed by atoms with Crippen LogP contribution in [0, 0.1) is 17.2 Å². The first-order valence-corrected chi connectivity index (χ1v) is 10.3. The van der Waals surface area contributed by atoms with E-state index in [2.05, 4.69) is 38.2 Å². The summed E-state index contributed by atoms with van der Waals surface area (Å²) in [5.74, 6) is -0.0537. The summed E-state index contributed by atoms with van der Waals surface area (Å²) in [5.41, 5.74) is 0.808. The fourth-order valence-corrected chi connectivity index (χ4v) is 5.75. The van der Waals surface area contributed by atoms with Crippen molar-refractivity contribution in [3.8, 4) is 6.07 Å². The van der Waals surface area contributed by atoms with E-state index in [1.54, 1.807) is 0 Å². The zero-order valence-corrected chi connectivity index (χ0v) is 13.1. The van der Waals surface area contributed by atoms with Gasteiger partial charge in [0, 0.05) is 0 Å². The Hall–Kier alpha value is -1.11. The molecule has 0 N–H and O–H groups in total. The molecule has 1 heterocycles. The van der Waals surface area contributed by atoms with Gasteiger partial charge in [-0.3, -0.25) is 0 Å². The first-order valence-electron chi connectivity index (χ1n) is 7.19. The zero-order chi connectivity index (χ0) is 13.9. The second-order valence-electron chi connectivity index (χ2n) is 6.06. The molecule has 0 radical (unpaired) electrons. The molecule has 2 unspecified atom stereocenters. The lowest BCUT2D eigenvalue weighted by Gasteiger charge is -2.47. The van der Waals surface area contributed by atoms with E-state index in [-0.39, 0.29) is 11.5 Å². The summed E-state index contributed by atoms with van der Waals surface area (Å²) in [4.78, 5) is 0. The van der Waals surface area contributed by atoms with E-state index in [9.17, 15) is 5.26 Å². The van der Waals surface area contributed by atoms with E-state index in [0.717, 1.165) is 12.8 Å². The van der Waals surface area contributed by atoms with Gasteiger partial charge >= 0.3 is 0 Å². The third kappa shape index (κ3) is 2.75. The number of nitriles is 1. The molecular weight excluding hydrogens is 250 g/mol. The van der Waals surface area contributed by atoms with Crippen LogP contribution in [0.15, 0.2) is 30.3 Å². The molecule has 19 heavy (non-hydrogen) atoms. The standard InChI is InChI=1S/C16H23NOSi/c1-4-14(13-17)16(15-9-6-5-7-10-15)11-8-12-19(2,3)18-16/h5-7,9-10,14H,4,8,11-12H2,1-3H3. The topological polar surface area (TPSA) is 33.0 Å². The number of hydrogen-bond donors (Lipinski definition) is 0. The highest BCUT2D eigenvalue weighted by molar-refractivity contribution is 6.71. The van der Waals surface area contributed by atoms with Crippen LogP contribution in [0.25, 0.3) is 0 Å². The normalized spacial score (nSPS) is 27.5. The molecule has 1 aliphatic heterocycles. The zero-order valence-electron chi connectivity index (χ0n) is 12.1. The van der Waals surface area contributed by atoms with Gasteiger partial charge < -0.3 is 4.43 Å². The Kier molecular flexibility index (Phi) is 4.12. The molecule has 0 saturated carbocycles. The molecule has 0 amide bonds. The maximum Gasteiger partial charge on any atom is 0.188 e. The summed E-state index contributed by atoms with van der Waals surface area (Å²) in [6.07, 6.45) is 2.99. The average molecular weight is 273 g/mol. The van der Waals surface area contributed by atoms with Gasteiger partial charge in [-0.15, -0.1) is 0 Å². The minimum atomic E-state index is -1.66. The minimum absolute atomic E-state index is 0.0537. The third-order valence-electron chi connectivity index (χ3n) is 4.17. The van der Waals surface area contributed by atoms with Crippen LogP contribution in [0.5, 0.6) is 0 Å². The highest BCUT2D eigenvalue weighted by Gasteiger charge is 2.47. The van der Waals surface area contributed by atoms with Crippen LogP contribution >= 0.6 is 0 Å². The Labute approximate surface area is 117 Å². The van der Waals surface area contributed by atoms with Crippen molar-refractivity contribution in [3.63, 3.8) is 0 Å². The van der Waals surface area contributed by atoms with Crippen LogP contribution in [-0.2, 0) is 10.0 Å². The molecule has 0 aliphatic carbocycles. The molecule has 2 nitrogen and oxygen atoms in total. The van der Waals surface area contributed by atoms with E-state index in [4.69, 9.17) is 4.43 Å². The summed E-state index contributed by atoms with van der Waals surface area (Å²) in [6, 6.07) is 14.1. The van der Waals surface area contributed by atoms with E-state index in [1.807, 2.05) is 18.2 Å². The maximum absolute atomic E-state index is 9.56. The lowest BCUT2D eigenvalue weighted by molar-refractivity contribution is -0.00830. The predicted molar refractivity (Wildman–Crippen MR) is 80.1 cm³/mol. The lowest BCUT2D eigenvalue weighted by Crippen LogP contribution is -2.50. The van der Waals surface area contributed by atoms with Crippen molar-refractivity contribution in [2.45, 2.75) is 50.9 Å². The van der Waals surface area contributed by atoms with Crippen molar-refractivity contribution in [1.82, 2.24) is 0 Å². The molecule has 0 bridgehead atoms. The number of rotatable bonds is 3. The molecule has 1 saturated heterocycles. The van der Waals surface area contributed by atoms with Crippen LogP contribution in [0.4, 0.5) is 0 Å². The number of benzene rings is 1. The van der Waals surface area contributed by atoms with Crippen molar-refractivity contribution in [1.29, 1.82) is 5.26 Å². The number of nitrogens with zero attached hydrogens (tertiary/aromatic N) is 1. The Bertz CT molecular complexity index is 465. The van der Waals surface area contributed by atoms with Crippen molar-refractivity contribution >= 4 is 8.32 Å². The molecule has 1 fully saturated rings. The SMILES string of the molecule is CCC(C#N)C1(c2ccccc2)CCC[Si](C)(C)O1. The molecule has 0 aromatic heterocycles. The van der Waals surface area contributed by atoms with Crippen LogP contribution in [0.3, 0.4) is 0 Å². The van der Waals surface area contributed by atoms with Crippen LogP contribution < -0.4 is 0 Å². The van der Waals surface area contributed by atoms with E-state index in [1.165, 1.54) is 18.0 Å². The Morgan fingerprint density at radius 1 is 1.37 bits per heavy atom. The molecule has 2 rings (SSSR count). The highest BCUT2D eigenvalue weighted by atomic mass is 28.4. The first-order chi connectivity index (χ1) is 9.04. The van der Waals surface area contributed by atoms with E-state index >= 15 is 0 Å². The number of hydrogen-bond acceptors (Lipinski definition) is 2. The van der Waals surface area contributed by atoms with Gasteiger partial charge in [0.1, 0.15) is 0 Å². The summed E-state index contributed by atoms with van der Waals surface area (Å²) < 4.78 is 6.61. The Balaban J connectivity index is 2.48. The van der Waals surface area contributed by atoms with Gasteiger partial charge in [-0.2, -0.15) is 5.26 Å². The second-order valence-corrected chi connectivity index (χ2v) is 10.3. The molecule has 102 valence electrons. The fourth-order valence-electron chi connectivity index (χ4n) is 3.27. The lowest BCUT2D eigenvalue weighted by atomic mass is 9.77. The molecule has 1 aliphatic rings. The van der Waals surface area contributed by atoms with Crippen LogP contribution in [0.2, 0.25) is 19.1 Å². The Morgan fingerprint density at radius 2 is 2.05 bits per heavy atom. The molecule has 2 atom stereocenters. The predicted octanol–water partition coefficient (Wildman–Crippen LogP) is 4.45. The average Bonchev–Trinajstić information content (AvgIpc) is 2.40. The monoisotopic (exact) mass is 273 g/mol. The van der Waals surface area contributed by atoms with Crippen molar-refractivity contribution in [3.05, 3.63) is 35.9 Å². The van der Waals surface area contributed by atoms with Gasteiger partial charge in [0.25, 0.3) is 0 Å². The van der Waals surface area contributed by atoms with Gasteiger partial charge in [-0.25, -0.2) is 0 Å². The van der Waals surface area contributed by atoms with Crippen molar-refractivity contribution in [2.75, 3.05) is 0 Å². The van der Waals surface area contributed by atoms with Gasteiger partial charge in [0.05, 0.1) is 17.6 Å². The molecule has 1 aromatic rings. The molecule has 3 heteroatoms. The first kappa shape index (κ1) is 14.3. The second kappa shape index (κ2) is 5.48. The van der Waals surface area contributed by atoms with Crippen LogP contribution in [-0.4, -0.2) is 8.32 Å². The fraction of sp³-hybridized carbons (Fsp3) is 0.562. The van der Waals surface area contributed by atoms with Crippen LogP contribution in [0.1, 0.15) is 31.7 Å². The highest BCUT2D eigenvalue weighted by Crippen LogP contribution is 2.46. The van der Waals surface area contributed by atoms with Crippen molar-refractivity contribution < 1.29 is 4.43 Å². The quantitative estimate of drug-likeness (QED) is 0.762. The van der Waals surface area contributed by atoms with E-state index in [0.29, 0.717) is 0 Å². The largest absolute Gasteiger partial charge is 0.407 e. The van der Waals surface area contributed by atoms with Gasteiger partial charge in [-0.1, -0.05) is 43.7 Å². The summed E-state index contributed by atoms with van der Waals surface area (Å²) in [7, 11) is -1.66. The summed E-state index contributed by atoms with van der Waals surface area (Å²) in [5, 5.41) is 9.56. The molecule has 0 spiro atoms. The molecular formula is C16H23NOSi. The smallest absolute Gasteiger partial charge is 0.188 e. The summed E-state index contributed by atoms with van der Waals surface area (Å²) >= 11 is 0. The van der Waals surface area contributed by atoms with Gasteiger partial charge in [0.2, 0.25) is 0 Å².